The molecule has 9 nitrogen and oxygen atoms in total. The van der Waals surface area contributed by atoms with Crippen LogP contribution < -0.4 is 10.6 Å². The molecule has 1 aromatic heterocycles. The fraction of sp³-hybridized carbons (Fsp3) is 0.278. The zero-order valence-electron chi connectivity index (χ0n) is 26.9. The van der Waals surface area contributed by atoms with Crippen molar-refractivity contribution >= 4 is 57.7 Å². The Labute approximate surface area is 282 Å². The number of aryl methyl sites for hydroxylation is 1. The molecule has 4 aromatic rings. The third-order valence-corrected chi connectivity index (χ3v) is 9.72. The Hall–Kier alpha value is -4.61. The number of hydrogen-bond acceptors (Lipinski definition) is 8. The Morgan fingerprint density at radius 2 is 1.66 bits per heavy atom. The second-order valence-electron chi connectivity index (χ2n) is 12.1. The number of rotatable bonds is 8. The van der Waals surface area contributed by atoms with Crippen LogP contribution in [0, 0.1) is 6.92 Å². The smallest absolute Gasteiger partial charge is 0.410 e. The summed E-state index contributed by atoms with van der Waals surface area (Å²) in [6.07, 6.45) is -0.0110. The Balaban J connectivity index is 1.39. The minimum absolute atomic E-state index is 0.230. The van der Waals surface area contributed by atoms with E-state index < -0.39 is 22.9 Å². The SMILES string of the molecule is COC(=O)c1c(NC(=O)C(Sc2cccc(NC(=O)c3ccc(C)cc3)c2)c2ccccc2)sc2c1CCN(C(=O)OC(C)(C)C)C2. The predicted octanol–water partition coefficient (Wildman–Crippen LogP) is 7.86. The molecule has 11 heteroatoms. The van der Waals surface area contributed by atoms with Crippen LogP contribution >= 0.6 is 23.1 Å². The standard InChI is InChI=1S/C36H37N3O6S2/c1-22-14-16-24(17-15-22)31(40)37-25-12-9-13-26(20-25)46-30(23-10-7-6-8-11-23)32(41)38-33-29(34(42)44-5)27-18-19-39(21-28(27)47-33)35(43)45-36(2,3)4/h6-17,20,30H,18-19,21H2,1-5H3,(H,37,40)(H,38,41). The molecule has 1 aliphatic heterocycles. The molecule has 2 N–H and O–H groups in total. The van der Waals surface area contributed by atoms with Crippen molar-refractivity contribution in [2.75, 3.05) is 24.3 Å². The summed E-state index contributed by atoms with van der Waals surface area (Å²) < 4.78 is 10.7. The van der Waals surface area contributed by atoms with Crippen LogP contribution in [0.25, 0.3) is 0 Å². The summed E-state index contributed by atoms with van der Waals surface area (Å²) in [7, 11) is 1.31. The molecule has 47 heavy (non-hydrogen) atoms. The number of fused-ring (bicyclic) bond motifs is 1. The van der Waals surface area contributed by atoms with Crippen molar-refractivity contribution in [1.29, 1.82) is 0 Å². The van der Waals surface area contributed by atoms with E-state index in [0.717, 1.165) is 26.5 Å². The van der Waals surface area contributed by atoms with E-state index in [0.29, 0.717) is 34.8 Å². The highest BCUT2D eigenvalue weighted by atomic mass is 32.2. The molecule has 0 fully saturated rings. The maximum Gasteiger partial charge on any atom is 0.410 e. The number of thioether (sulfide) groups is 1. The number of esters is 1. The highest BCUT2D eigenvalue weighted by Crippen LogP contribution is 2.41. The summed E-state index contributed by atoms with van der Waals surface area (Å²) in [5, 5.41) is 5.63. The van der Waals surface area contributed by atoms with Crippen molar-refractivity contribution < 1.29 is 28.7 Å². The van der Waals surface area contributed by atoms with Gasteiger partial charge in [-0.2, -0.15) is 0 Å². The monoisotopic (exact) mass is 671 g/mol. The zero-order valence-corrected chi connectivity index (χ0v) is 28.6. The Bertz CT molecular complexity index is 1780. The highest BCUT2D eigenvalue weighted by Gasteiger charge is 2.33. The number of anilines is 2. The summed E-state index contributed by atoms with van der Waals surface area (Å²) in [4.78, 5) is 55.9. The first-order valence-electron chi connectivity index (χ1n) is 15.1. The van der Waals surface area contributed by atoms with E-state index in [9.17, 15) is 19.2 Å². The molecule has 1 atom stereocenters. The second-order valence-corrected chi connectivity index (χ2v) is 14.4. The van der Waals surface area contributed by atoms with E-state index >= 15 is 0 Å². The van der Waals surface area contributed by atoms with E-state index in [4.69, 9.17) is 9.47 Å². The second kappa shape index (κ2) is 14.4. The molecule has 244 valence electrons. The molecule has 3 aromatic carbocycles. The number of hydrogen-bond donors (Lipinski definition) is 2. The summed E-state index contributed by atoms with van der Waals surface area (Å²) in [5.74, 6) is -1.11. The number of ether oxygens (including phenoxy) is 2. The van der Waals surface area contributed by atoms with Crippen LogP contribution in [0.15, 0.2) is 83.8 Å². The number of amides is 3. The summed E-state index contributed by atoms with van der Waals surface area (Å²) in [6, 6.07) is 24.0. The van der Waals surface area contributed by atoms with Crippen LogP contribution in [0.5, 0.6) is 0 Å². The number of carbonyl (C=O) groups is 4. The number of thiophene rings is 1. The lowest BCUT2D eigenvalue weighted by atomic mass is 10.0. The van der Waals surface area contributed by atoms with Crippen LogP contribution in [0.4, 0.5) is 15.5 Å². The van der Waals surface area contributed by atoms with Crippen molar-refractivity contribution in [1.82, 2.24) is 4.90 Å². The molecule has 5 rings (SSSR count). The maximum atomic E-state index is 14.1. The first kappa shape index (κ1) is 33.7. The lowest BCUT2D eigenvalue weighted by molar-refractivity contribution is -0.115. The van der Waals surface area contributed by atoms with Crippen molar-refractivity contribution in [3.05, 3.63) is 112 Å². The molecule has 2 heterocycles. The minimum Gasteiger partial charge on any atom is -0.465 e. The molecule has 0 spiro atoms. The third kappa shape index (κ3) is 8.41. The normalized spacial score (nSPS) is 13.3. The van der Waals surface area contributed by atoms with Crippen LogP contribution in [0.3, 0.4) is 0 Å². The maximum absolute atomic E-state index is 14.1. The van der Waals surface area contributed by atoms with Gasteiger partial charge in [0.1, 0.15) is 15.9 Å². The van der Waals surface area contributed by atoms with Crippen molar-refractivity contribution in [3.63, 3.8) is 0 Å². The molecule has 0 radical (unpaired) electrons. The van der Waals surface area contributed by atoms with E-state index in [-0.39, 0.29) is 18.4 Å². The number of nitrogens with zero attached hydrogens (tertiary/aromatic N) is 1. The van der Waals surface area contributed by atoms with Crippen molar-refractivity contribution in [2.24, 2.45) is 0 Å². The molecular weight excluding hydrogens is 635 g/mol. The van der Waals surface area contributed by atoms with E-state index in [1.807, 2.05) is 88.4 Å². The molecule has 1 unspecified atom stereocenters. The van der Waals surface area contributed by atoms with E-state index in [1.165, 1.54) is 30.2 Å². The van der Waals surface area contributed by atoms with Crippen molar-refractivity contribution in [2.45, 2.75) is 56.4 Å². The topological polar surface area (TPSA) is 114 Å². The molecule has 0 aliphatic carbocycles. The number of carbonyl (C=O) groups excluding carboxylic acids is 4. The quantitative estimate of drug-likeness (QED) is 0.145. The highest BCUT2D eigenvalue weighted by molar-refractivity contribution is 8.00. The molecule has 0 saturated carbocycles. The average molecular weight is 672 g/mol. The summed E-state index contributed by atoms with van der Waals surface area (Å²) >= 11 is 2.59. The fourth-order valence-corrected chi connectivity index (χ4v) is 7.40. The van der Waals surface area contributed by atoms with E-state index in [1.54, 1.807) is 23.1 Å². The predicted molar refractivity (Wildman–Crippen MR) is 185 cm³/mol. The van der Waals surface area contributed by atoms with Gasteiger partial charge in [-0.15, -0.1) is 23.1 Å². The van der Waals surface area contributed by atoms with Gasteiger partial charge in [0.05, 0.1) is 19.2 Å². The van der Waals surface area contributed by atoms with Crippen LogP contribution in [-0.4, -0.2) is 48.0 Å². The van der Waals surface area contributed by atoms with E-state index in [2.05, 4.69) is 10.6 Å². The Kier molecular flexibility index (Phi) is 10.4. The molecule has 1 aliphatic rings. The lowest BCUT2D eigenvalue weighted by Gasteiger charge is -2.30. The van der Waals surface area contributed by atoms with Crippen LogP contribution in [0.2, 0.25) is 0 Å². The molecular formula is C36H37N3O6S2. The lowest BCUT2D eigenvalue weighted by Crippen LogP contribution is -2.39. The van der Waals surface area contributed by atoms with Gasteiger partial charge in [0.15, 0.2) is 0 Å². The minimum atomic E-state index is -0.692. The number of nitrogens with one attached hydrogen (secondary N) is 2. The first-order chi connectivity index (χ1) is 22.4. The van der Waals surface area contributed by atoms with Gasteiger partial charge in [-0.3, -0.25) is 9.59 Å². The van der Waals surface area contributed by atoms with Crippen LogP contribution in [-0.2, 0) is 27.2 Å². The third-order valence-electron chi connectivity index (χ3n) is 7.33. The van der Waals surface area contributed by atoms with Crippen molar-refractivity contribution in [3.8, 4) is 0 Å². The fourth-order valence-electron chi connectivity index (χ4n) is 5.06. The Morgan fingerprint density at radius 3 is 2.34 bits per heavy atom. The van der Waals surface area contributed by atoms with Gasteiger partial charge < -0.3 is 25.0 Å². The Morgan fingerprint density at radius 1 is 0.936 bits per heavy atom. The largest absolute Gasteiger partial charge is 0.465 e. The van der Waals surface area contributed by atoms with Gasteiger partial charge >= 0.3 is 12.1 Å². The summed E-state index contributed by atoms with van der Waals surface area (Å²) in [5.41, 5.74) is 3.40. The average Bonchev–Trinajstić information content (AvgIpc) is 3.40. The van der Waals surface area contributed by atoms with Gasteiger partial charge in [0.25, 0.3) is 5.91 Å². The zero-order chi connectivity index (χ0) is 33.7. The molecule has 3 amide bonds. The van der Waals surface area contributed by atoms with Gasteiger partial charge in [-0.1, -0.05) is 54.1 Å². The van der Waals surface area contributed by atoms with Gasteiger partial charge in [-0.05, 0) is 75.6 Å². The first-order valence-corrected chi connectivity index (χ1v) is 16.8. The van der Waals surface area contributed by atoms with Gasteiger partial charge in [0, 0.05) is 27.6 Å². The molecule has 0 saturated heterocycles. The van der Waals surface area contributed by atoms with Gasteiger partial charge in [-0.25, -0.2) is 9.59 Å². The number of methoxy groups -OCH3 is 1. The van der Waals surface area contributed by atoms with Gasteiger partial charge in [0.2, 0.25) is 5.91 Å². The van der Waals surface area contributed by atoms with Crippen LogP contribution in [0.1, 0.15) is 68.3 Å². The summed E-state index contributed by atoms with van der Waals surface area (Å²) in [6.45, 7) is 8.03. The molecule has 0 bridgehead atoms. The number of benzene rings is 3.